The molecule has 1 aromatic heterocycles. The number of para-hydroxylation sites is 1. The van der Waals surface area contributed by atoms with Crippen LogP contribution in [-0.4, -0.2) is 22.0 Å². The molecule has 6 nitrogen and oxygen atoms in total. The molecule has 1 aromatic carbocycles. The highest BCUT2D eigenvalue weighted by Gasteiger charge is 2.22. The maximum atomic E-state index is 12.7. The third-order valence-electron chi connectivity index (χ3n) is 4.61. The summed E-state index contributed by atoms with van der Waals surface area (Å²) in [4.78, 5) is 40.9. The van der Waals surface area contributed by atoms with Gasteiger partial charge in [-0.2, -0.15) is 0 Å². The van der Waals surface area contributed by atoms with E-state index in [2.05, 4.69) is 11.1 Å². The fourth-order valence-corrected chi connectivity index (χ4v) is 3.23. The third-order valence-corrected chi connectivity index (χ3v) is 4.61. The van der Waals surface area contributed by atoms with Gasteiger partial charge in [0.25, 0.3) is 5.56 Å². The number of aromatic amines is 1. The minimum atomic E-state index is -0.433. The van der Waals surface area contributed by atoms with E-state index in [0.29, 0.717) is 24.2 Å². The van der Waals surface area contributed by atoms with Gasteiger partial charge in [0.05, 0.1) is 0 Å². The van der Waals surface area contributed by atoms with Crippen LogP contribution in [0, 0.1) is 6.92 Å². The Morgan fingerprint density at radius 1 is 1.25 bits per heavy atom. The van der Waals surface area contributed by atoms with Gasteiger partial charge >= 0.3 is 5.69 Å². The van der Waals surface area contributed by atoms with E-state index < -0.39 is 5.69 Å². The van der Waals surface area contributed by atoms with Crippen LogP contribution in [0.5, 0.6) is 0 Å². The van der Waals surface area contributed by atoms with Crippen LogP contribution in [-0.2, 0) is 24.7 Å². The fraction of sp³-hybridized carbons (Fsp3) is 0.389. The number of nitrogens with one attached hydrogen (secondary N) is 1. The van der Waals surface area contributed by atoms with Crippen molar-refractivity contribution in [3.63, 3.8) is 0 Å². The Balaban J connectivity index is 1.80. The lowest BCUT2D eigenvalue weighted by atomic mass is 10.0. The van der Waals surface area contributed by atoms with Gasteiger partial charge in [0.2, 0.25) is 5.91 Å². The number of benzene rings is 1. The summed E-state index contributed by atoms with van der Waals surface area (Å²) in [6.45, 7) is 2.40. The van der Waals surface area contributed by atoms with Gasteiger partial charge in [0.15, 0.2) is 0 Å². The van der Waals surface area contributed by atoms with Gasteiger partial charge in [-0.25, -0.2) is 4.79 Å². The van der Waals surface area contributed by atoms with E-state index in [1.165, 1.54) is 12.6 Å². The van der Waals surface area contributed by atoms with E-state index in [1.807, 2.05) is 23.1 Å². The molecule has 3 rings (SSSR count). The van der Waals surface area contributed by atoms with E-state index in [1.54, 1.807) is 6.92 Å². The first kappa shape index (κ1) is 16.2. The maximum Gasteiger partial charge on any atom is 0.328 e. The molecule has 6 heteroatoms. The zero-order valence-electron chi connectivity index (χ0n) is 14.0. The van der Waals surface area contributed by atoms with Crippen molar-refractivity contribution in [2.24, 2.45) is 7.05 Å². The summed E-state index contributed by atoms with van der Waals surface area (Å²) in [5, 5.41) is 0. The second kappa shape index (κ2) is 6.47. The lowest BCUT2D eigenvalue weighted by Gasteiger charge is -2.29. The van der Waals surface area contributed by atoms with Crippen LogP contribution in [0.15, 0.2) is 33.9 Å². The number of amides is 1. The quantitative estimate of drug-likeness (QED) is 0.923. The lowest BCUT2D eigenvalue weighted by molar-refractivity contribution is -0.118. The molecule has 0 fully saturated rings. The Hall–Kier alpha value is -2.63. The number of anilines is 1. The van der Waals surface area contributed by atoms with Crippen LogP contribution in [0.3, 0.4) is 0 Å². The van der Waals surface area contributed by atoms with Crippen molar-refractivity contribution in [3.8, 4) is 0 Å². The van der Waals surface area contributed by atoms with Crippen LogP contribution in [0.4, 0.5) is 5.69 Å². The van der Waals surface area contributed by atoms with Gasteiger partial charge in [-0.05, 0) is 37.8 Å². The highest BCUT2D eigenvalue weighted by molar-refractivity contribution is 5.94. The van der Waals surface area contributed by atoms with Crippen molar-refractivity contribution in [2.75, 3.05) is 11.4 Å². The first-order valence-electron chi connectivity index (χ1n) is 8.16. The number of fused-ring (bicyclic) bond motifs is 1. The van der Waals surface area contributed by atoms with Gasteiger partial charge in [-0.3, -0.25) is 14.2 Å². The first-order chi connectivity index (χ1) is 11.5. The SMILES string of the molecule is Cc1[nH]c(=O)n(C)c(=O)c1CCC(=O)N1CCCc2ccccc21. The number of carbonyl (C=O) groups is 1. The molecule has 2 heterocycles. The summed E-state index contributed by atoms with van der Waals surface area (Å²) in [6.07, 6.45) is 2.50. The third kappa shape index (κ3) is 2.91. The van der Waals surface area contributed by atoms with Gasteiger partial charge in [0.1, 0.15) is 0 Å². The van der Waals surface area contributed by atoms with E-state index >= 15 is 0 Å². The van der Waals surface area contributed by atoms with Gasteiger partial charge in [-0.15, -0.1) is 0 Å². The number of aromatic nitrogens is 2. The molecule has 0 saturated heterocycles. The number of H-pyrrole nitrogens is 1. The lowest BCUT2D eigenvalue weighted by Crippen LogP contribution is -2.38. The fourth-order valence-electron chi connectivity index (χ4n) is 3.23. The Morgan fingerprint density at radius 2 is 2.00 bits per heavy atom. The van der Waals surface area contributed by atoms with E-state index in [0.717, 1.165) is 23.1 Å². The minimum Gasteiger partial charge on any atom is -0.312 e. The number of nitrogens with zero attached hydrogens (tertiary/aromatic N) is 2. The highest BCUT2D eigenvalue weighted by Crippen LogP contribution is 2.27. The summed E-state index contributed by atoms with van der Waals surface area (Å²) in [5.41, 5.74) is 2.43. The molecule has 24 heavy (non-hydrogen) atoms. The predicted octanol–water partition coefficient (Wildman–Crippen LogP) is 1.29. The zero-order chi connectivity index (χ0) is 17.3. The maximum absolute atomic E-state index is 12.7. The Labute approximate surface area is 139 Å². The first-order valence-corrected chi connectivity index (χ1v) is 8.16. The van der Waals surface area contributed by atoms with Gasteiger partial charge < -0.3 is 9.88 Å². The van der Waals surface area contributed by atoms with Crippen molar-refractivity contribution in [3.05, 3.63) is 61.9 Å². The highest BCUT2D eigenvalue weighted by atomic mass is 16.2. The monoisotopic (exact) mass is 327 g/mol. The Kier molecular flexibility index (Phi) is 4.38. The molecule has 1 aliphatic heterocycles. The average molecular weight is 327 g/mol. The normalized spacial score (nSPS) is 13.7. The summed E-state index contributed by atoms with van der Waals surface area (Å²) >= 11 is 0. The second-order valence-electron chi connectivity index (χ2n) is 6.18. The smallest absolute Gasteiger partial charge is 0.312 e. The molecule has 2 aromatic rings. The van der Waals surface area contributed by atoms with Crippen LogP contribution < -0.4 is 16.1 Å². The van der Waals surface area contributed by atoms with Crippen LogP contribution in [0.25, 0.3) is 0 Å². The number of hydrogen-bond acceptors (Lipinski definition) is 3. The summed E-state index contributed by atoms with van der Waals surface area (Å²) in [5.74, 6) is 0.00908. The molecular formula is C18H21N3O3. The van der Waals surface area contributed by atoms with Crippen LogP contribution in [0.2, 0.25) is 0 Å². The van der Waals surface area contributed by atoms with Crippen molar-refractivity contribution < 1.29 is 4.79 Å². The van der Waals surface area contributed by atoms with Gasteiger partial charge in [-0.1, -0.05) is 18.2 Å². The van der Waals surface area contributed by atoms with E-state index in [-0.39, 0.29) is 17.9 Å². The van der Waals surface area contributed by atoms with Crippen molar-refractivity contribution in [1.82, 2.24) is 9.55 Å². The molecule has 1 N–H and O–H groups in total. The molecule has 0 saturated carbocycles. The molecule has 0 radical (unpaired) electrons. The molecule has 0 aliphatic carbocycles. The summed E-state index contributed by atoms with van der Waals surface area (Å²) in [7, 11) is 1.44. The average Bonchev–Trinajstić information content (AvgIpc) is 2.59. The van der Waals surface area contributed by atoms with Gasteiger partial charge in [0, 0.05) is 37.0 Å². The second-order valence-corrected chi connectivity index (χ2v) is 6.18. The number of aryl methyl sites for hydroxylation is 2. The Bertz CT molecular complexity index is 895. The molecule has 1 aliphatic rings. The molecule has 0 atom stereocenters. The molecule has 0 bridgehead atoms. The number of rotatable bonds is 3. The van der Waals surface area contributed by atoms with Crippen LogP contribution in [0.1, 0.15) is 29.7 Å². The predicted molar refractivity (Wildman–Crippen MR) is 92.5 cm³/mol. The van der Waals surface area contributed by atoms with Crippen molar-refractivity contribution >= 4 is 11.6 Å². The Morgan fingerprint density at radius 3 is 2.79 bits per heavy atom. The molecule has 0 spiro atoms. The number of carbonyl (C=O) groups excluding carboxylic acids is 1. The van der Waals surface area contributed by atoms with Crippen molar-refractivity contribution in [1.29, 1.82) is 0 Å². The summed E-state index contributed by atoms with van der Waals surface area (Å²) in [6, 6.07) is 7.94. The minimum absolute atomic E-state index is 0.00908. The zero-order valence-corrected chi connectivity index (χ0v) is 14.0. The van der Waals surface area contributed by atoms with E-state index in [4.69, 9.17) is 0 Å². The van der Waals surface area contributed by atoms with Crippen molar-refractivity contribution in [2.45, 2.75) is 32.6 Å². The standard InChI is InChI=1S/C18H21N3O3/c1-12-14(17(23)20(2)18(24)19-12)9-10-16(22)21-11-5-7-13-6-3-4-8-15(13)21/h3-4,6,8H,5,7,9-11H2,1-2H3,(H,19,24). The summed E-state index contributed by atoms with van der Waals surface area (Å²) < 4.78 is 1.04. The number of hydrogen-bond donors (Lipinski definition) is 1. The molecular weight excluding hydrogens is 306 g/mol. The molecule has 0 unspecified atom stereocenters. The van der Waals surface area contributed by atoms with Crippen LogP contribution >= 0.6 is 0 Å². The van der Waals surface area contributed by atoms with E-state index in [9.17, 15) is 14.4 Å². The molecule has 126 valence electrons. The molecule has 1 amide bonds. The largest absolute Gasteiger partial charge is 0.328 e. The topological polar surface area (TPSA) is 75.2 Å².